The van der Waals surface area contributed by atoms with Crippen LogP contribution in [0.15, 0.2) is 54.7 Å². The molecule has 8 heteroatoms. The molecule has 0 radical (unpaired) electrons. The molecule has 0 fully saturated rings. The smallest absolute Gasteiger partial charge is 0.306 e. The Labute approximate surface area is 203 Å². The Morgan fingerprint density at radius 3 is 2.83 bits per heavy atom. The van der Waals surface area contributed by atoms with Crippen molar-refractivity contribution in [2.45, 2.75) is 31.7 Å². The number of carbonyl (C=O) groups is 1. The number of benzene rings is 2. The first kappa shape index (κ1) is 23.0. The molecule has 3 aromatic rings. The van der Waals surface area contributed by atoms with E-state index in [-0.39, 0.29) is 23.7 Å². The van der Waals surface area contributed by atoms with Crippen LogP contribution in [0.3, 0.4) is 0 Å². The Morgan fingerprint density at radius 1 is 1.17 bits per heavy atom. The molecule has 1 aromatic heterocycles. The molecule has 2 atom stereocenters. The third-order valence-electron chi connectivity index (χ3n) is 6.40. The number of hydrogen-bond acceptors (Lipinski definition) is 7. The van der Waals surface area contributed by atoms with Crippen LogP contribution in [0.25, 0.3) is 0 Å². The molecular formula is C27H28FN3O4. The van der Waals surface area contributed by atoms with Gasteiger partial charge in [-0.3, -0.25) is 4.79 Å². The summed E-state index contributed by atoms with van der Waals surface area (Å²) in [5, 5.41) is 3.56. The third-order valence-corrected chi connectivity index (χ3v) is 6.40. The van der Waals surface area contributed by atoms with Gasteiger partial charge in [0.1, 0.15) is 29.7 Å². The summed E-state index contributed by atoms with van der Waals surface area (Å²) < 4.78 is 30.3. The first-order valence-corrected chi connectivity index (χ1v) is 11.8. The molecule has 7 nitrogen and oxygen atoms in total. The van der Waals surface area contributed by atoms with Gasteiger partial charge in [0, 0.05) is 35.3 Å². The molecule has 5 rings (SSSR count). The zero-order valence-electron chi connectivity index (χ0n) is 19.8. The van der Waals surface area contributed by atoms with Crippen molar-refractivity contribution in [2.24, 2.45) is 0 Å². The van der Waals surface area contributed by atoms with Crippen LogP contribution in [0.4, 0.5) is 21.6 Å². The molecule has 0 saturated carbocycles. The Kier molecular flexibility index (Phi) is 6.44. The molecule has 1 N–H and O–H groups in total. The van der Waals surface area contributed by atoms with Crippen molar-refractivity contribution in [3.05, 3.63) is 71.7 Å². The summed E-state index contributed by atoms with van der Waals surface area (Å²) in [4.78, 5) is 18.0. The monoisotopic (exact) mass is 477 g/mol. The molecule has 2 aromatic carbocycles. The predicted octanol–water partition coefficient (Wildman–Crippen LogP) is 5.35. The zero-order chi connectivity index (χ0) is 24.4. The summed E-state index contributed by atoms with van der Waals surface area (Å²) in [6.45, 7) is 3.77. The number of halogens is 1. The van der Waals surface area contributed by atoms with E-state index in [1.54, 1.807) is 6.07 Å². The van der Waals surface area contributed by atoms with E-state index in [0.29, 0.717) is 25.5 Å². The first-order valence-electron chi connectivity index (χ1n) is 11.8. The maximum Gasteiger partial charge on any atom is 0.306 e. The summed E-state index contributed by atoms with van der Waals surface area (Å²) in [5.41, 5.74) is 3.90. The van der Waals surface area contributed by atoms with Gasteiger partial charge in [-0.2, -0.15) is 0 Å². The molecular weight excluding hydrogens is 449 g/mol. The molecule has 0 bridgehead atoms. The van der Waals surface area contributed by atoms with Gasteiger partial charge in [0.15, 0.2) is 0 Å². The van der Waals surface area contributed by atoms with Crippen molar-refractivity contribution in [3.63, 3.8) is 0 Å². The van der Waals surface area contributed by atoms with E-state index in [2.05, 4.69) is 28.2 Å². The number of nitrogens with one attached hydrogen (secondary N) is 1. The van der Waals surface area contributed by atoms with Crippen molar-refractivity contribution in [1.82, 2.24) is 4.98 Å². The minimum atomic E-state index is -0.362. The highest BCUT2D eigenvalue weighted by molar-refractivity contribution is 5.72. The van der Waals surface area contributed by atoms with E-state index in [0.717, 1.165) is 47.0 Å². The van der Waals surface area contributed by atoms with Gasteiger partial charge in [-0.25, -0.2) is 9.37 Å². The third kappa shape index (κ3) is 4.60. The van der Waals surface area contributed by atoms with Gasteiger partial charge in [0.05, 0.1) is 38.1 Å². The first-order chi connectivity index (χ1) is 17.1. The summed E-state index contributed by atoms with van der Waals surface area (Å²) in [6, 6.07) is 15.1. The number of fused-ring (bicyclic) bond motifs is 2. The molecule has 0 amide bonds. The standard InChI is InChI=1S/C27H28FN3O4/c1-3-11-31(25-10-7-18(28)14-29-25)23-6-4-5-21-22(16-35-27(21)23)30-19-8-9-20-17(12-26(32)33-2)15-34-24(20)13-19/h4-10,13-14,17,22,30H,3,11-12,15-16H2,1-2H3/t17-,22-/m1/s1. The van der Waals surface area contributed by atoms with E-state index in [1.165, 1.54) is 19.4 Å². The Morgan fingerprint density at radius 2 is 2.06 bits per heavy atom. The minimum absolute atomic E-state index is 0.00853. The molecule has 3 heterocycles. The molecule has 2 aliphatic rings. The summed E-state index contributed by atoms with van der Waals surface area (Å²) in [5.74, 6) is 1.68. The Balaban J connectivity index is 1.37. The van der Waals surface area contributed by atoms with Crippen molar-refractivity contribution in [3.8, 4) is 11.5 Å². The number of rotatable bonds is 8. The largest absolute Gasteiger partial charge is 0.493 e. The van der Waals surface area contributed by atoms with Crippen LogP contribution in [-0.4, -0.2) is 37.8 Å². The average molecular weight is 478 g/mol. The second kappa shape index (κ2) is 9.82. The number of para-hydroxylation sites is 1. The van der Waals surface area contributed by atoms with Crippen LogP contribution >= 0.6 is 0 Å². The molecule has 0 aliphatic carbocycles. The second-order valence-corrected chi connectivity index (χ2v) is 8.73. The molecule has 0 unspecified atom stereocenters. The number of pyridine rings is 1. The highest BCUT2D eigenvalue weighted by atomic mass is 19.1. The molecule has 0 saturated heterocycles. The van der Waals surface area contributed by atoms with Gasteiger partial charge in [-0.05, 0) is 30.7 Å². The van der Waals surface area contributed by atoms with Gasteiger partial charge in [0.25, 0.3) is 0 Å². The van der Waals surface area contributed by atoms with Crippen LogP contribution < -0.4 is 19.7 Å². The number of carbonyl (C=O) groups excluding carboxylic acids is 1. The second-order valence-electron chi connectivity index (χ2n) is 8.73. The minimum Gasteiger partial charge on any atom is -0.493 e. The number of hydrogen-bond donors (Lipinski definition) is 1. The average Bonchev–Trinajstić information content (AvgIpc) is 3.47. The predicted molar refractivity (Wildman–Crippen MR) is 131 cm³/mol. The van der Waals surface area contributed by atoms with Gasteiger partial charge < -0.3 is 24.4 Å². The van der Waals surface area contributed by atoms with E-state index in [1.807, 2.05) is 30.3 Å². The number of esters is 1. The van der Waals surface area contributed by atoms with E-state index in [9.17, 15) is 9.18 Å². The van der Waals surface area contributed by atoms with Gasteiger partial charge in [0.2, 0.25) is 0 Å². The quantitative estimate of drug-likeness (QED) is 0.438. The lowest BCUT2D eigenvalue weighted by Gasteiger charge is -2.25. The summed E-state index contributed by atoms with van der Waals surface area (Å²) in [7, 11) is 1.40. The molecule has 35 heavy (non-hydrogen) atoms. The fourth-order valence-corrected chi connectivity index (χ4v) is 4.69. The maximum absolute atomic E-state index is 13.4. The highest BCUT2D eigenvalue weighted by Crippen LogP contribution is 2.44. The van der Waals surface area contributed by atoms with Crippen molar-refractivity contribution >= 4 is 23.2 Å². The van der Waals surface area contributed by atoms with Crippen LogP contribution in [0, 0.1) is 5.82 Å². The van der Waals surface area contributed by atoms with Crippen LogP contribution in [-0.2, 0) is 9.53 Å². The Bertz CT molecular complexity index is 1220. The fourth-order valence-electron chi connectivity index (χ4n) is 4.69. The number of nitrogens with zero attached hydrogens (tertiary/aromatic N) is 2. The van der Waals surface area contributed by atoms with Crippen molar-refractivity contribution in [2.75, 3.05) is 37.1 Å². The molecule has 182 valence electrons. The van der Waals surface area contributed by atoms with E-state index < -0.39 is 0 Å². The summed E-state index contributed by atoms with van der Waals surface area (Å²) >= 11 is 0. The van der Waals surface area contributed by atoms with Crippen LogP contribution in [0.1, 0.15) is 42.9 Å². The lowest BCUT2D eigenvalue weighted by atomic mass is 9.97. The number of aromatic nitrogens is 1. The van der Waals surface area contributed by atoms with Gasteiger partial charge in [-0.1, -0.05) is 25.1 Å². The lowest BCUT2D eigenvalue weighted by Crippen LogP contribution is -2.19. The zero-order valence-corrected chi connectivity index (χ0v) is 19.8. The maximum atomic E-state index is 13.4. The fraction of sp³-hybridized carbons (Fsp3) is 0.333. The van der Waals surface area contributed by atoms with Crippen molar-refractivity contribution in [1.29, 1.82) is 0 Å². The SMILES string of the molecule is CCCN(c1ccc(F)cn1)c1cccc2c1OC[C@H]2Nc1ccc2c(c1)OC[C@H]2CC(=O)OC. The van der Waals surface area contributed by atoms with E-state index in [4.69, 9.17) is 14.2 Å². The van der Waals surface area contributed by atoms with Crippen molar-refractivity contribution < 1.29 is 23.4 Å². The molecule has 2 aliphatic heterocycles. The van der Waals surface area contributed by atoms with Crippen LogP contribution in [0.2, 0.25) is 0 Å². The number of anilines is 3. The van der Waals surface area contributed by atoms with Gasteiger partial charge in [-0.15, -0.1) is 0 Å². The highest BCUT2D eigenvalue weighted by Gasteiger charge is 2.30. The van der Waals surface area contributed by atoms with E-state index >= 15 is 0 Å². The Hall–Kier alpha value is -3.81. The number of methoxy groups -OCH3 is 1. The number of ether oxygens (including phenoxy) is 3. The lowest BCUT2D eigenvalue weighted by molar-refractivity contribution is -0.141. The molecule has 0 spiro atoms. The van der Waals surface area contributed by atoms with Gasteiger partial charge >= 0.3 is 5.97 Å². The normalized spacial score (nSPS) is 17.7. The summed E-state index contributed by atoms with van der Waals surface area (Å²) in [6.07, 6.45) is 2.44. The van der Waals surface area contributed by atoms with Crippen LogP contribution in [0.5, 0.6) is 11.5 Å². The topological polar surface area (TPSA) is 72.9 Å².